The highest BCUT2D eigenvalue weighted by Gasteiger charge is 2.02. The summed E-state index contributed by atoms with van der Waals surface area (Å²) >= 11 is 0. The van der Waals surface area contributed by atoms with Crippen molar-refractivity contribution in [3.05, 3.63) is 47.9 Å². The fourth-order valence-corrected chi connectivity index (χ4v) is 1.59. The van der Waals surface area contributed by atoms with Gasteiger partial charge >= 0.3 is 0 Å². The zero-order chi connectivity index (χ0) is 12.8. The Morgan fingerprint density at radius 3 is 2.89 bits per heavy atom. The van der Waals surface area contributed by atoms with E-state index in [0.717, 1.165) is 12.0 Å². The number of hydrogen-bond donors (Lipinski definition) is 2. The van der Waals surface area contributed by atoms with E-state index in [-0.39, 0.29) is 11.4 Å². The van der Waals surface area contributed by atoms with Crippen molar-refractivity contribution in [3.8, 4) is 11.8 Å². The molecule has 0 atom stereocenters. The van der Waals surface area contributed by atoms with E-state index in [4.69, 9.17) is 5.26 Å². The highest BCUT2D eigenvalue weighted by atomic mass is 16.3. The van der Waals surface area contributed by atoms with Gasteiger partial charge in [-0.25, -0.2) is 9.97 Å². The number of aromatic hydroxyl groups is 1. The zero-order valence-electron chi connectivity index (χ0n) is 9.67. The van der Waals surface area contributed by atoms with E-state index in [2.05, 4.69) is 15.3 Å². The van der Waals surface area contributed by atoms with Gasteiger partial charge < -0.3 is 10.4 Å². The molecule has 0 saturated carbocycles. The average molecular weight is 240 g/mol. The molecule has 0 fully saturated rings. The molecule has 0 bridgehead atoms. The molecular weight excluding hydrogens is 228 g/mol. The van der Waals surface area contributed by atoms with Crippen LogP contribution in [0.25, 0.3) is 0 Å². The first-order valence-electron chi connectivity index (χ1n) is 5.52. The molecule has 2 N–H and O–H groups in total. The van der Waals surface area contributed by atoms with Crippen molar-refractivity contribution in [2.24, 2.45) is 0 Å². The fraction of sp³-hybridized carbons (Fsp3) is 0.154. The minimum Gasteiger partial charge on any atom is -0.508 e. The van der Waals surface area contributed by atoms with Crippen molar-refractivity contribution in [1.82, 2.24) is 9.97 Å². The molecule has 5 heteroatoms. The first kappa shape index (κ1) is 11.9. The first-order valence-corrected chi connectivity index (χ1v) is 5.52. The van der Waals surface area contributed by atoms with Crippen LogP contribution in [-0.4, -0.2) is 21.6 Å². The summed E-state index contributed by atoms with van der Waals surface area (Å²) in [6.07, 6.45) is 3.76. The van der Waals surface area contributed by atoms with Crippen molar-refractivity contribution in [1.29, 1.82) is 5.26 Å². The van der Waals surface area contributed by atoms with Crippen LogP contribution in [0, 0.1) is 11.3 Å². The van der Waals surface area contributed by atoms with Crippen LogP contribution in [-0.2, 0) is 6.42 Å². The third-order valence-corrected chi connectivity index (χ3v) is 2.42. The molecule has 0 radical (unpaired) electrons. The van der Waals surface area contributed by atoms with Crippen molar-refractivity contribution in [3.63, 3.8) is 0 Å². The van der Waals surface area contributed by atoms with Crippen molar-refractivity contribution < 1.29 is 5.11 Å². The first-order chi connectivity index (χ1) is 8.79. The third-order valence-electron chi connectivity index (χ3n) is 2.42. The molecule has 1 heterocycles. The van der Waals surface area contributed by atoms with E-state index < -0.39 is 0 Å². The van der Waals surface area contributed by atoms with Crippen LogP contribution >= 0.6 is 0 Å². The second kappa shape index (κ2) is 5.64. The van der Waals surface area contributed by atoms with Gasteiger partial charge in [0.25, 0.3) is 0 Å². The smallest absolute Gasteiger partial charge is 0.182 e. The van der Waals surface area contributed by atoms with Gasteiger partial charge in [-0.2, -0.15) is 5.26 Å². The molecule has 18 heavy (non-hydrogen) atoms. The minimum absolute atomic E-state index is 0.254. The van der Waals surface area contributed by atoms with Crippen molar-refractivity contribution in [2.75, 3.05) is 11.9 Å². The molecule has 5 nitrogen and oxygen atoms in total. The Morgan fingerprint density at radius 2 is 2.11 bits per heavy atom. The lowest BCUT2D eigenvalue weighted by Gasteiger charge is -2.06. The molecule has 0 aliphatic carbocycles. The lowest BCUT2D eigenvalue weighted by molar-refractivity contribution is 0.474. The van der Waals surface area contributed by atoms with Crippen LogP contribution in [0.4, 0.5) is 5.82 Å². The number of nitrogens with one attached hydrogen (secondary N) is 1. The van der Waals surface area contributed by atoms with Crippen LogP contribution in [0.1, 0.15) is 11.3 Å². The summed E-state index contributed by atoms with van der Waals surface area (Å²) in [7, 11) is 0. The van der Waals surface area contributed by atoms with E-state index in [1.54, 1.807) is 18.2 Å². The lowest BCUT2D eigenvalue weighted by atomic mass is 10.1. The van der Waals surface area contributed by atoms with Crippen molar-refractivity contribution >= 4 is 5.82 Å². The quantitative estimate of drug-likeness (QED) is 0.850. The van der Waals surface area contributed by atoms with Gasteiger partial charge in [0, 0.05) is 18.9 Å². The Bertz CT molecular complexity index is 577. The maximum absolute atomic E-state index is 9.33. The molecular formula is C13H12N4O. The number of rotatable bonds is 4. The topological polar surface area (TPSA) is 81.8 Å². The largest absolute Gasteiger partial charge is 0.508 e. The summed E-state index contributed by atoms with van der Waals surface area (Å²) in [4.78, 5) is 7.96. The second-order valence-electron chi connectivity index (χ2n) is 3.71. The molecule has 0 aliphatic rings. The molecule has 90 valence electrons. The molecule has 0 amide bonds. The molecule has 0 spiro atoms. The Morgan fingerprint density at radius 1 is 1.28 bits per heavy atom. The van der Waals surface area contributed by atoms with Crippen LogP contribution in [0.3, 0.4) is 0 Å². The van der Waals surface area contributed by atoms with Crippen LogP contribution in [0.15, 0.2) is 36.7 Å². The van der Waals surface area contributed by atoms with Gasteiger partial charge in [-0.15, -0.1) is 0 Å². The molecule has 2 rings (SSSR count). The molecule has 0 unspecified atom stereocenters. The average Bonchev–Trinajstić information content (AvgIpc) is 2.39. The van der Waals surface area contributed by atoms with Gasteiger partial charge in [0.05, 0.1) is 0 Å². The number of nitrogens with zero attached hydrogens (tertiary/aromatic N) is 3. The maximum Gasteiger partial charge on any atom is 0.182 e. The Labute approximate surface area is 105 Å². The summed E-state index contributed by atoms with van der Waals surface area (Å²) in [6.45, 7) is 0.622. The van der Waals surface area contributed by atoms with E-state index in [0.29, 0.717) is 12.4 Å². The molecule has 1 aromatic heterocycles. The van der Waals surface area contributed by atoms with E-state index in [9.17, 15) is 5.11 Å². The van der Waals surface area contributed by atoms with Crippen LogP contribution in [0.5, 0.6) is 5.75 Å². The summed E-state index contributed by atoms with van der Waals surface area (Å²) < 4.78 is 0. The van der Waals surface area contributed by atoms with E-state index in [1.165, 1.54) is 12.4 Å². The zero-order valence-corrected chi connectivity index (χ0v) is 9.67. The minimum atomic E-state index is 0.254. The predicted molar refractivity (Wildman–Crippen MR) is 67.0 cm³/mol. The SMILES string of the molecule is N#Cc1nccnc1NCCc1cccc(O)c1. The maximum atomic E-state index is 9.33. The molecule has 2 aromatic rings. The van der Waals surface area contributed by atoms with Gasteiger partial charge in [-0.1, -0.05) is 12.1 Å². The summed E-state index contributed by atoms with van der Waals surface area (Å²) in [5, 5.41) is 21.2. The van der Waals surface area contributed by atoms with E-state index >= 15 is 0 Å². The standard InChI is InChI=1S/C13H12N4O/c14-9-12-13(17-7-6-15-12)16-5-4-10-2-1-3-11(18)8-10/h1-3,6-8,18H,4-5H2,(H,16,17). The van der Waals surface area contributed by atoms with Gasteiger partial charge in [0.1, 0.15) is 11.8 Å². The van der Waals surface area contributed by atoms with Gasteiger partial charge in [0.2, 0.25) is 0 Å². The Hall–Kier alpha value is -2.61. The number of nitriles is 1. The molecule has 0 saturated heterocycles. The number of anilines is 1. The number of aromatic nitrogens is 2. The summed E-state index contributed by atoms with van der Waals surface area (Å²) in [5.74, 6) is 0.741. The lowest BCUT2D eigenvalue weighted by Crippen LogP contribution is -2.08. The van der Waals surface area contributed by atoms with Crippen molar-refractivity contribution in [2.45, 2.75) is 6.42 Å². The van der Waals surface area contributed by atoms with Gasteiger partial charge in [-0.3, -0.25) is 0 Å². The molecule has 1 aromatic carbocycles. The number of phenolic OH excluding ortho intramolecular Hbond substituents is 1. The summed E-state index contributed by atoms with van der Waals surface area (Å²) in [6, 6.07) is 9.05. The monoisotopic (exact) mass is 240 g/mol. The number of hydrogen-bond acceptors (Lipinski definition) is 5. The molecule has 0 aliphatic heterocycles. The third kappa shape index (κ3) is 2.95. The fourth-order valence-electron chi connectivity index (χ4n) is 1.59. The van der Waals surface area contributed by atoms with Gasteiger partial charge in [0.15, 0.2) is 11.5 Å². The Kier molecular flexibility index (Phi) is 3.72. The summed E-state index contributed by atoms with van der Waals surface area (Å²) in [5.41, 5.74) is 1.30. The normalized spacial score (nSPS) is 9.72. The highest BCUT2D eigenvalue weighted by molar-refractivity contribution is 5.46. The predicted octanol–water partition coefficient (Wildman–Crippen LogP) is 1.71. The number of benzene rings is 1. The highest BCUT2D eigenvalue weighted by Crippen LogP contribution is 2.12. The Balaban J connectivity index is 1.95. The second-order valence-corrected chi connectivity index (χ2v) is 3.71. The number of phenols is 1. The van der Waals surface area contributed by atoms with Crippen LogP contribution < -0.4 is 5.32 Å². The van der Waals surface area contributed by atoms with Gasteiger partial charge in [-0.05, 0) is 24.1 Å². The van der Waals surface area contributed by atoms with E-state index in [1.807, 2.05) is 12.1 Å². The van der Waals surface area contributed by atoms with Crippen LogP contribution in [0.2, 0.25) is 0 Å².